The fourth-order valence-corrected chi connectivity index (χ4v) is 1.82. The number of nitrogens with one attached hydrogen (secondary N) is 2. The van der Waals surface area contributed by atoms with Crippen molar-refractivity contribution in [3.63, 3.8) is 0 Å². The second-order valence-corrected chi connectivity index (χ2v) is 4.81. The molecule has 1 rings (SSSR count). The van der Waals surface area contributed by atoms with Crippen molar-refractivity contribution in [2.75, 3.05) is 13.7 Å². The predicted molar refractivity (Wildman–Crippen MR) is 64.3 cm³/mol. The van der Waals surface area contributed by atoms with Gasteiger partial charge in [-0.2, -0.15) is 0 Å². The zero-order chi connectivity index (χ0) is 12.0. The highest BCUT2D eigenvalue weighted by atomic mass is 16.5. The highest BCUT2D eigenvalue weighted by Gasteiger charge is 2.29. The molecule has 0 aromatic carbocycles. The van der Waals surface area contributed by atoms with E-state index in [1.165, 1.54) is 0 Å². The quantitative estimate of drug-likeness (QED) is 0.641. The Kier molecular flexibility index (Phi) is 5.77. The Labute approximate surface area is 98.1 Å². The van der Waals surface area contributed by atoms with Crippen molar-refractivity contribution in [1.82, 2.24) is 10.6 Å². The Balaban J connectivity index is 1.96. The van der Waals surface area contributed by atoms with Crippen molar-refractivity contribution >= 4 is 5.91 Å². The largest absolute Gasteiger partial charge is 0.381 e. The van der Waals surface area contributed by atoms with Crippen LogP contribution in [0.5, 0.6) is 0 Å². The van der Waals surface area contributed by atoms with E-state index in [0.29, 0.717) is 24.6 Å². The van der Waals surface area contributed by atoms with Gasteiger partial charge in [0.25, 0.3) is 0 Å². The molecule has 4 nitrogen and oxygen atoms in total. The predicted octanol–water partition coefficient (Wildman–Crippen LogP) is 1.06. The van der Waals surface area contributed by atoms with Crippen molar-refractivity contribution in [3.05, 3.63) is 0 Å². The molecule has 16 heavy (non-hydrogen) atoms. The summed E-state index contributed by atoms with van der Waals surface area (Å²) in [6, 6.07) is 0.840. The second-order valence-electron chi connectivity index (χ2n) is 4.81. The van der Waals surface area contributed by atoms with Crippen LogP contribution in [0.1, 0.15) is 39.5 Å². The summed E-state index contributed by atoms with van der Waals surface area (Å²) in [5, 5.41) is 6.32. The molecular weight excluding hydrogens is 204 g/mol. The summed E-state index contributed by atoms with van der Waals surface area (Å²) >= 11 is 0. The maximum atomic E-state index is 11.5. The van der Waals surface area contributed by atoms with E-state index in [1.807, 2.05) is 0 Å². The van der Waals surface area contributed by atoms with E-state index in [-0.39, 0.29) is 5.91 Å². The van der Waals surface area contributed by atoms with Crippen molar-refractivity contribution < 1.29 is 9.53 Å². The van der Waals surface area contributed by atoms with E-state index < -0.39 is 0 Å². The number of amides is 1. The van der Waals surface area contributed by atoms with Crippen LogP contribution in [0.4, 0.5) is 0 Å². The smallest absolute Gasteiger partial charge is 0.220 e. The molecule has 1 aliphatic carbocycles. The lowest BCUT2D eigenvalue weighted by atomic mass is 9.89. The molecule has 0 unspecified atom stereocenters. The summed E-state index contributed by atoms with van der Waals surface area (Å²) in [7, 11) is 1.72. The molecule has 0 heterocycles. The molecule has 4 heteroatoms. The number of hydrogen-bond acceptors (Lipinski definition) is 3. The first-order chi connectivity index (χ1) is 7.61. The van der Waals surface area contributed by atoms with Crippen LogP contribution in [0.3, 0.4) is 0 Å². The summed E-state index contributed by atoms with van der Waals surface area (Å²) in [6.07, 6.45) is 3.81. The van der Waals surface area contributed by atoms with Gasteiger partial charge in [-0.15, -0.1) is 0 Å². The van der Waals surface area contributed by atoms with E-state index in [2.05, 4.69) is 24.5 Å². The van der Waals surface area contributed by atoms with E-state index in [4.69, 9.17) is 4.74 Å². The van der Waals surface area contributed by atoms with Gasteiger partial charge in [-0.1, -0.05) is 13.8 Å². The van der Waals surface area contributed by atoms with Crippen molar-refractivity contribution in [1.29, 1.82) is 0 Å². The summed E-state index contributed by atoms with van der Waals surface area (Å²) < 4.78 is 5.16. The Morgan fingerprint density at radius 3 is 2.69 bits per heavy atom. The highest BCUT2D eigenvalue weighted by Crippen LogP contribution is 2.22. The average Bonchev–Trinajstić information content (AvgIpc) is 2.17. The van der Waals surface area contributed by atoms with Crippen LogP contribution in [0, 0.1) is 0 Å². The van der Waals surface area contributed by atoms with E-state index in [9.17, 15) is 4.79 Å². The molecule has 0 radical (unpaired) electrons. The van der Waals surface area contributed by atoms with Crippen molar-refractivity contribution in [2.24, 2.45) is 0 Å². The number of rotatable bonds is 7. The SMILES string of the molecule is COC1CC(NC(=O)CCCNC(C)C)C1. The lowest BCUT2D eigenvalue weighted by molar-refractivity contribution is -0.123. The zero-order valence-corrected chi connectivity index (χ0v) is 10.6. The Morgan fingerprint density at radius 1 is 1.44 bits per heavy atom. The van der Waals surface area contributed by atoms with Crippen LogP contribution >= 0.6 is 0 Å². The topological polar surface area (TPSA) is 50.4 Å². The molecule has 0 bridgehead atoms. The van der Waals surface area contributed by atoms with Crippen LogP contribution < -0.4 is 10.6 Å². The average molecular weight is 228 g/mol. The summed E-state index contributed by atoms with van der Waals surface area (Å²) in [5.74, 6) is 0.171. The molecule has 0 aromatic rings. The second kappa shape index (κ2) is 6.86. The summed E-state index contributed by atoms with van der Waals surface area (Å²) in [5.41, 5.74) is 0. The molecule has 0 aliphatic heterocycles. The Hall–Kier alpha value is -0.610. The minimum atomic E-state index is 0.171. The Bertz CT molecular complexity index is 213. The molecule has 1 aliphatic rings. The van der Waals surface area contributed by atoms with Crippen LogP contribution in [0.15, 0.2) is 0 Å². The maximum Gasteiger partial charge on any atom is 0.220 e. The third kappa shape index (κ3) is 4.94. The fraction of sp³-hybridized carbons (Fsp3) is 0.917. The number of carbonyl (C=O) groups is 1. The molecule has 0 aromatic heterocycles. The van der Waals surface area contributed by atoms with Crippen molar-refractivity contribution in [2.45, 2.75) is 57.7 Å². The molecular formula is C12H24N2O2. The van der Waals surface area contributed by atoms with Gasteiger partial charge in [-0.05, 0) is 25.8 Å². The minimum absolute atomic E-state index is 0.171. The number of carbonyl (C=O) groups excluding carboxylic acids is 1. The third-order valence-corrected chi connectivity index (χ3v) is 2.93. The molecule has 2 N–H and O–H groups in total. The standard InChI is InChI=1S/C12H24N2O2/c1-9(2)13-6-4-5-12(15)14-10-7-11(8-10)16-3/h9-11,13H,4-8H2,1-3H3,(H,14,15). The molecule has 1 amide bonds. The molecule has 1 saturated carbocycles. The van der Waals surface area contributed by atoms with Gasteiger partial charge in [0.05, 0.1) is 6.10 Å². The van der Waals surface area contributed by atoms with Crippen molar-refractivity contribution in [3.8, 4) is 0 Å². The first kappa shape index (κ1) is 13.5. The monoisotopic (exact) mass is 228 g/mol. The maximum absolute atomic E-state index is 11.5. The van der Waals surface area contributed by atoms with E-state index in [1.54, 1.807) is 7.11 Å². The van der Waals surface area contributed by atoms with Gasteiger partial charge in [0, 0.05) is 25.6 Å². The molecule has 0 spiro atoms. The van der Waals surface area contributed by atoms with Gasteiger partial charge >= 0.3 is 0 Å². The Morgan fingerprint density at radius 2 is 2.12 bits per heavy atom. The van der Waals surface area contributed by atoms with Crippen LogP contribution in [0.25, 0.3) is 0 Å². The van der Waals surface area contributed by atoms with Crippen LogP contribution in [-0.2, 0) is 9.53 Å². The summed E-state index contributed by atoms with van der Waals surface area (Å²) in [4.78, 5) is 11.5. The first-order valence-corrected chi connectivity index (χ1v) is 6.17. The molecule has 0 atom stereocenters. The number of methoxy groups -OCH3 is 1. The van der Waals surface area contributed by atoms with Gasteiger partial charge in [0.1, 0.15) is 0 Å². The lowest BCUT2D eigenvalue weighted by Gasteiger charge is -2.34. The minimum Gasteiger partial charge on any atom is -0.381 e. The van der Waals surface area contributed by atoms with Crippen LogP contribution in [-0.4, -0.2) is 37.7 Å². The van der Waals surface area contributed by atoms with Crippen LogP contribution in [0.2, 0.25) is 0 Å². The van der Waals surface area contributed by atoms with Gasteiger partial charge in [0.15, 0.2) is 0 Å². The zero-order valence-electron chi connectivity index (χ0n) is 10.6. The van der Waals surface area contributed by atoms with Gasteiger partial charge in [0.2, 0.25) is 5.91 Å². The first-order valence-electron chi connectivity index (χ1n) is 6.17. The van der Waals surface area contributed by atoms with E-state index in [0.717, 1.165) is 25.8 Å². The number of ether oxygens (including phenoxy) is 1. The van der Waals surface area contributed by atoms with Gasteiger partial charge < -0.3 is 15.4 Å². The summed E-state index contributed by atoms with van der Waals surface area (Å²) in [6.45, 7) is 5.13. The molecule has 94 valence electrons. The molecule has 0 saturated heterocycles. The van der Waals surface area contributed by atoms with Gasteiger partial charge in [-0.3, -0.25) is 4.79 Å². The number of hydrogen-bond donors (Lipinski definition) is 2. The lowest BCUT2D eigenvalue weighted by Crippen LogP contribution is -2.47. The van der Waals surface area contributed by atoms with Gasteiger partial charge in [-0.25, -0.2) is 0 Å². The molecule has 1 fully saturated rings. The van der Waals surface area contributed by atoms with E-state index >= 15 is 0 Å². The normalized spacial score (nSPS) is 24.2. The third-order valence-electron chi connectivity index (χ3n) is 2.93. The highest BCUT2D eigenvalue weighted by molar-refractivity contribution is 5.76. The fourth-order valence-electron chi connectivity index (χ4n) is 1.82.